The van der Waals surface area contributed by atoms with Gasteiger partial charge in [-0.15, -0.1) is 0 Å². The SMILES string of the molecule is CC(C)C[C@@H](NC(=O)[C@@H](NC(=O)OC(C)(C)C)[C@@H](C)O)C(=O)O. The Bertz CT molecular complexity index is 428. The van der Waals surface area contributed by atoms with Crippen LogP contribution in [-0.2, 0) is 14.3 Å². The lowest BCUT2D eigenvalue weighted by Crippen LogP contribution is -2.56. The van der Waals surface area contributed by atoms with E-state index in [-0.39, 0.29) is 12.3 Å². The molecule has 23 heavy (non-hydrogen) atoms. The number of carbonyl (C=O) groups excluding carboxylic acids is 2. The molecule has 0 unspecified atom stereocenters. The van der Waals surface area contributed by atoms with Gasteiger partial charge >= 0.3 is 12.1 Å². The van der Waals surface area contributed by atoms with Crippen LogP contribution < -0.4 is 10.6 Å². The van der Waals surface area contributed by atoms with Gasteiger partial charge < -0.3 is 25.6 Å². The molecule has 0 aromatic rings. The molecule has 0 spiro atoms. The first kappa shape index (κ1) is 21.2. The molecule has 8 nitrogen and oxygen atoms in total. The highest BCUT2D eigenvalue weighted by molar-refractivity contribution is 5.89. The average Bonchev–Trinajstić information content (AvgIpc) is 2.31. The van der Waals surface area contributed by atoms with Crippen molar-refractivity contribution in [1.82, 2.24) is 10.6 Å². The number of aliphatic hydroxyl groups excluding tert-OH is 1. The number of aliphatic hydroxyl groups is 1. The number of hydrogen-bond donors (Lipinski definition) is 4. The molecule has 0 aromatic heterocycles. The van der Waals surface area contributed by atoms with Gasteiger partial charge in [0.2, 0.25) is 5.91 Å². The van der Waals surface area contributed by atoms with Crippen molar-refractivity contribution in [3.63, 3.8) is 0 Å². The number of carbonyl (C=O) groups is 3. The molecular weight excluding hydrogens is 304 g/mol. The van der Waals surface area contributed by atoms with Gasteiger partial charge in [-0.25, -0.2) is 9.59 Å². The minimum absolute atomic E-state index is 0.0558. The fourth-order valence-corrected chi connectivity index (χ4v) is 1.79. The van der Waals surface area contributed by atoms with E-state index in [2.05, 4.69) is 10.6 Å². The molecule has 0 aliphatic rings. The second-order valence-electron chi connectivity index (χ2n) is 6.89. The Kier molecular flexibility index (Phi) is 8.02. The van der Waals surface area contributed by atoms with Gasteiger partial charge in [0.1, 0.15) is 17.7 Å². The average molecular weight is 332 g/mol. The maximum atomic E-state index is 12.2. The van der Waals surface area contributed by atoms with Gasteiger partial charge in [-0.05, 0) is 40.0 Å². The monoisotopic (exact) mass is 332 g/mol. The van der Waals surface area contributed by atoms with Crippen molar-refractivity contribution in [2.75, 3.05) is 0 Å². The highest BCUT2D eigenvalue weighted by Gasteiger charge is 2.31. The Balaban J connectivity index is 4.91. The van der Waals surface area contributed by atoms with Crippen LogP contribution in [0.2, 0.25) is 0 Å². The molecule has 8 heteroatoms. The van der Waals surface area contributed by atoms with Crippen LogP contribution in [0, 0.1) is 5.92 Å². The van der Waals surface area contributed by atoms with Crippen LogP contribution in [0.25, 0.3) is 0 Å². The summed E-state index contributed by atoms with van der Waals surface area (Å²) in [6.07, 6.45) is -1.84. The van der Waals surface area contributed by atoms with E-state index in [4.69, 9.17) is 9.84 Å². The largest absolute Gasteiger partial charge is 0.480 e. The number of nitrogens with one attached hydrogen (secondary N) is 2. The second-order valence-corrected chi connectivity index (χ2v) is 6.89. The number of carboxylic acids is 1. The molecule has 0 bridgehead atoms. The number of carboxylic acid groups (broad SMARTS) is 1. The molecule has 4 N–H and O–H groups in total. The number of amides is 2. The van der Waals surface area contributed by atoms with Gasteiger partial charge in [-0.2, -0.15) is 0 Å². The Morgan fingerprint density at radius 3 is 1.96 bits per heavy atom. The van der Waals surface area contributed by atoms with Gasteiger partial charge in [0, 0.05) is 0 Å². The minimum atomic E-state index is -1.31. The quantitative estimate of drug-likeness (QED) is 0.548. The van der Waals surface area contributed by atoms with Gasteiger partial charge in [-0.1, -0.05) is 13.8 Å². The Morgan fingerprint density at radius 2 is 1.61 bits per heavy atom. The van der Waals surface area contributed by atoms with Gasteiger partial charge in [-0.3, -0.25) is 4.79 Å². The van der Waals surface area contributed by atoms with E-state index >= 15 is 0 Å². The highest BCUT2D eigenvalue weighted by atomic mass is 16.6. The molecule has 0 aliphatic carbocycles. The van der Waals surface area contributed by atoms with Gasteiger partial charge in [0.25, 0.3) is 0 Å². The molecule has 134 valence electrons. The number of ether oxygens (including phenoxy) is 1. The van der Waals surface area contributed by atoms with Crippen molar-refractivity contribution < 1.29 is 29.3 Å². The number of rotatable bonds is 7. The first-order valence-electron chi connectivity index (χ1n) is 7.54. The summed E-state index contributed by atoms with van der Waals surface area (Å²) in [5, 5.41) is 23.4. The van der Waals surface area contributed by atoms with Crippen LogP contribution >= 0.6 is 0 Å². The van der Waals surface area contributed by atoms with Crippen LogP contribution in [0.1, 0.15) is 48.0 Å². The first-order valence-corrected chi connectivity index (χ1v) is 7.54. The Labute approximate surface area is 136 Å². The van der Waals surface area contributed by atoms with Gasteiger partial charge in [0.05, 0.1) is 6.10 Å². The topological polar surface area (TPSA) is 125 Å². The van der Waals surface area contributed by atoms with Gasteiger partial charge in [0.15, 0.2) is 0 Å². The Morgan fingerprint density at radius 1 is 1.09 bits per heavy atom. The van der Waals surface area contributed by atoms with E-state index in [9.17, 15) is 19.5 Å². The standard InChI is InChI=1S/C15H28N2O6/c1-8(2)7-10(13(20)21)16-12(19)11(9(3)18)17-14(22)23-15(4,5)6/h8-11,18H,7H2,1-6H3,(H,16,19)(H,17,22)(H,20,21)/t9-,10-,11+/m1/s1. The Hall–Kier alpha value is -1.83. The lowest BCUT2D eigenvalue weighted by molar-refractivity contribution is -0.143. The molecule has 2 amide bonds. The van der Waals surface area contributed by atoms with E-state index in [1.165, 1.54) is 6.92 Å². The number of hydrogen-bond acceptors (Lipinski definition) is 5. The summed E-state index contributed by atoms with van der Waals surface area (Å²) in [5.41, 5.74) is -0.759. The molecule has 0 aromatic carbocycles. The van der Waals surface area contributed by atoms with Crippen LogP contribution in [0.5, 0.6) is 0 Å². The highest BCUT2D eigenvalue weighted by Crippen LogP contribution is 2.08. The summed E-state index contributed by atoms with van der Waals surface area (Å²) >= 11 is 0. The summed E-state index contributed by atoms with van der Waals surface area (Å²) in [4.78, 5) is 35.1. The molecule has 0 radical (unpaired) electrons. The first-order chi connectivity index (χ1) is 10.3. The van der Waals surface area contributed by atoms with Crippen LogP contribution in [0.3, 0.4) is 0 Å². The molecule has 0 aliphatic heterocycles. The van der Waals surface area contributed by atoms with E-state index in [0.717, 1.165) is 0 Å². The summed E-state index contributed by atoms with van der Waals surface area (Å²) in [6.45, 7) is 9.95. The van der Waals surface area contributed by atoms with Crippen molar-refractivity contribution in [1.29, 1.82) is 0 Å². The maximum absolute atomic E-state index is 12.2. The lowest BCUT2D eigenvalue weighted by Gasteiger charge is -2.26. The molecule has 3 atom stereocenters. The van der Waals surface area contributed by atoms with E-state index in [1.54, 1.807) is 20.8 Å². The van der Waals surface area contributed by atoms with Crippen LogP contribution in [-0.4, -0.2) is 52.0 Å². The van der Waals surface area contributed by atoms with Crippen molar-refractivity contribution >= 4 is 18.0 Å². The molecule has 0 saturated heterocycles. The van der Waals surface area contributed by atoms with Crippen molar-refractivity contribution in [2.45, 2.75) is 71.8 Å². The molecule has 0 heterocycles. The predicted molar refractivity (Wildman–Crippen MR) is 83.9 cm³/mol. The second kappa shape index (κ2) is 8.71. The van der Waals surface area contributed by atoms with E-state index in [1.807, 2.05) is 13.8 Å². The third kappa shape index (κ3) is 9.02. The maximum Gasteiger partial charge on any atom is 0.408 e. The third-order valence-electron chi connectivity index (χ3n) is 2.76. The summed E-state index contributed by atoms with van der Waals surface area (Å²) < 4.78 is 5.03. The smallest absolute Gasteiger partial charge is 0.408 e. The molecular formula is C15H28N2O6. The zero-order valence-electron chi connectivity index (χ0n) is 14.5. The van der Waals surface area contributed by atoms with Crippen LogP contribution in [0.15, 0.2) is 0 Å². The predicted octanol–water partition coefficient (Wildman–Crippen LogP) is 0.876. The van der Waals surface area contributed by atoms with Crippen molar-refractivity contribution in [3.8, 4) is 0 Å². The fraction of sp³-hybridized carbons (Fsp3) is 0.800. The van der Waals surface area contributed by atoms with Crippen molar-refractivity contribution in [2.24, 2.45) is 5.92 Å². The summed E-state index contributed by atoms with van der Waals surface area (Å²) in [5.74, 6) is -1.90. The number of aliphatic carboxylic acids is 1. The normalized spacial score (nSPS) is 15.5. The number of alkyl carbamates (subject to hydrolysis) is 1. The zero-order valence-corrected chi connectivity index (χ0v) is 14.5. The van der Waals surface area contributed by atoms with Crippen molar-refractivity contribution in [3.05, 3.63) is 0 Å². The summed E-state index contributed by atoms with van der Waals surface area (Å²) in [7, 11) is 0. The fourth-order valence-electron chi connectivity index (χ4n) is 1.79. The van der Waals surface area contributed by atoms with Crippen LogP contribution in [0.4, 0.5) is 4.79 Å². The van der Waals surface area contributed by atoms with E-state index in [0.29, 0.717) is 0 Å². The lowest BCUT2D eigenvalue weighted by atomic mass is 10.0. The summed E-state index contributed by atoms with van der Waals surface area (Å²) in [6, 6.07) is -2.40. The molecule has 0 rings (SSSR count). The third-order valence-corrected chi connectivity index (χ3v) is 2.76. The minimum Gasteiger partial charge on any atom is -0.480 e. The zero-order chi connectivity index (χ0) is 18.4. The molecule has 0 fully saturated rings. The van der Waals surface area contributed by atoms with E-state index < -0.39 is 41.8 Å². The molecule has 0 saturated carbocycles.